The lowest BCUT2D eigenvalue weighted by molar-refractivity contribution is -0.0550. The normalized spacial score (nSPS) is 30.3. The number of hydrogen-bond donors (Lipinski definition) is 4. The Kier molecular flexibility index (Phi) is 5.53. The van der Waals surface area contributed by atoms with Gasteiger partial charge in [-0.15, -0.1) is 0 Å². The van der Waals surface area contributed by atoms with Crippen molar-refractivity contribution in [2.75, 3.05) is 13.2 Å². The third-order valence-electron chi connectivity index (χ3n) is 3.16. The maximum absolute atomic E-state index is 11.7. The number of aromatic amines is 1. The molecule has 1 aliphatic rings. The highest BCUT2D eigenvalue weighted by Gasteiger charge is 2.48. The molecule has 1 aromatic rings. The van der Waals surface area contributed by atoms with Crippen molar-refractivity contribution in [3.63, 3.8) is 0 Å². The van der Waals surface area contributed by atoms with Crippen LogP contribution in [0, 0.1) is 0 Å². The molecule has 3 unspecified atom stereocenters. The zero-order valence-corrected chi connectivity index (χ0v) is 13.0. The molecule has 0 spiro atoms. The molecule has 12 heteroatoms. The van der Waals surface area contributed by atoms with E-state index in [9.17, 15) is 29.3 Å². The second kappa shape index (κ2) is 7.05. The first-order valence-corrected chi connectivity index (χ1v) is 8.20. The molecule has 0 aliphatic carbocycles. The van der Waals surface area contributed by atoms with E-state index in [0.29, 0.717) is 0 Å². The highest BCUT2D eigenvalue weighted by Crippen LogP contribution is 2.48. The van der Waals surface area contributed by atoms with Gasteiger partial charge in [-0.3, -0.25) is 23.4 Å². The molecular weight excluding hydrogens is 335 g/mol. The van der Waals surface area contributed by atoms with Crippen molar-refractivity contribution in [2.45, 2.75) is 31.5 Å². The second-order valence-electron chi connectivity index (χ2n) is 4.71. The molecule has 11 nitrogen and oxygen atoms in total. The summed E-state index contributed by atoms with van der Waals surface area (Å²) in [5.74, 6) is 0. The van der Waals surface area contributed by atoms with Crippen LogP contribution in [0.1, 0.15) is 13.2 Å². The van der Waals surface area contributed by atoms with Crippen molar-refractivity contribution in [3.05, 3.63) is 33.1 Å². The van der Waals surface area contributed by atoms with Gasteiger partial charge < -0.3 is 19.8 Å². The van der Waals surface area contributed by atoms with Crippen molar-refractivity contribution in [1.29, 1.82) is 0 Å². The van der Waals surface area contributed by atoms with Crippen LogP contribution in [-0.4, -0.2) is 56.2 Å². The summed E-state index contributed by atoms with van der Waals surface area (Å²) >= 11 is 0. The predicted molar refractivity (Wildman–Crippen MR) is 74.6 cm³/mol. The molecule has 2 heterocycles. The van der Waals surface area contributed by atoms with Gasteiger partial charge in [-0.05, 0) is 6.92 Å². The van der Waals surface area contributed by atoms with Crippen molar-refractivity contribution in [3.8, 4) is 0 Å². The molecule has 130 valence electrons. The van der Waals surface area contributed by atoms with Gasteiger partial charge in [0.05, 0.1) is 13.2 Å². The molecule has 0 amide bonds. The van der Waals surface area contributed by atoms with E-state index >= 15 is 0 Å². The van der Waals surface area contributed by atoms with Crippen LogP contribution in [0.3, 0.4) is 0 Å². The Balaban J connectivity index is 2.27. The summed E-state index contributed by atoms with van der Waals surface area (Å²) in [6.07, 6.45) is -4.37. The fourth-order valence-corrected chi connectivity index (χ4v) is 3.16. The molecule has 1 aromatic heterocycles. The van der Waals surface area contributed by atoms with Crippen molar-refractivity contribution < 1.29 is 33.5 Å². The first-order chi connectivity index (χ1) is 10.8. The van der Waals surface area contributed by atoms with E-state index in [0.717, 1.165) is 16.8 Å². The topological polar surface area (TPSA) is 160 Å². The Morgan fingerprint density at radius 2 is 2.17 bits per heavy atom. The number of phosphoric ester groups is 1. The Morgan fingerprint density at radius 1 is 1.48 bits per heavy atom. The zero-order chi connectivity index (χ0) is 17.2. The Hall–Kier alpha value is -1.33. The van der Waals surface area contributed by atoms with E-state index in [1.165, 1.54) is 6.92 Å². The average molecular weight is 352 g/mol. The number of nitrogens with zero attached hydrogens (tertiary/aromatic N) is 1. The van der Waals surface area contributed by atoms with Crippen molar-refractivity contribution >= 4 is 7.82 Å². The third-order valence-corrected chi connectivity index (χ3v) is 4.26. The van der Waals surface area contributed by atoms with Crippen molar-refractivity contribution in [1.82, 2.24) is 9.55 Å². The summed E-state index contributed by atoms with van der Waals surface area (Å²) in [6, 6.07) is 1.04. The van der Waals surface area contributed by atoms with Gasteiger partial charge in [-0.25, -0.2) is 9.36 Å². The van der Waals surface area contributed by atoms with E-state index in [1.807, 2.05) is 4.98 Å². The first-order valence-electron chi connectivity index (χ1n) is 6.70. The Morgan fingerprint density at radius 3 is 2.74 bits per heavy atom. The number of H-pyrrole nitrogens is 1. The molecule has 0 bridgehead atoms. The molecule has 1 aliphatic heterocycles. The Bertz CT molecular complexity index is 701. The third kappa shape index (κ3) is 3.96. The molecule has 23 heavy (non-hydrogen) atoms. The summed E-state index contributed by atoms with van der Waals surface area (Å²) in [5.41, 5.74) is -1.49. The van der Waals surface area contributed by atoms with E-state index in [1.54, 1.807) is 0 Å². The largest absolute Gasteiger partial charge is 0.472 e. The van der Waals surface area contributed by atoms with Gasteiger partial charge in [0.1, 0.15) is 18.3 Å². The number of aromatic nitrogens is 2. The van der Waals surface area contributed by atoms with Crippen LogP contribution in [0.25, 0.3) is 0 Å². The van der Waals surface area contributed by atoms with Crippen molar-refractivity contribution in [2.24, 2.45) is 0 Å². The molecule has 4 N–H and O–H groups in total. The minimum Gasteiger partial charge on any atom is -0.394 e. The number of aliphatic hydroxyl groups is 2. The average Bonchev–Trinajstić information content (AvgIpc) is 2.75. The summed E-state index contributed by atoms with van der Waals surface area (Å²) < 4.78 is 27.2. The van der Waals surface area contributed by atoms with Gasteiger partial charge >= 0.3 is 13.5 Å². The maximum Gasteiger partial charge on any atom is 0.472 e. The van der Waals surface area contributed by atoms with Crippen LogP contribution in [0.2, 0.25) is 0 Å². The molecule has 0 aromatic carbocycles. The van der Waals surface area contributed by atoms with Gasteiger partial charge in [-0.1, -0.05) is 0 Å². The molecule has 1 fully saturated rings. The molecule has 1 saturated heterocycles. The lowest BCUT2D eigenvalue weighted by atomic mass is 10.1. The molecule has 0 radical (unpaired) electrons. The van der Waals surface area contributed by atoms with Crippen LogP contribution in [-0.2, 0) is 18.3 Å². The smallest absolute Gasteiger partial charge is 0.394 e. The lowest BCUT2D eigenvalue weighted by Gasteiger charge is -2.22. The fourth-order valence-electron chi connectivity index (χ4n) is 2.20. The van der Waals surface area contributed by atoms with Crippen LogP contribution in [0.5, 0.6) is 0 Å². The number of phosphoric acid groups is 1. The van der Waals surface area contributed by atoms with E-state index in [4.69, 9.17) is 9.26 Å². The summed E-state index contributed by atoms with van der Waals surface area (Å²) in [4.78, 5) is 34.3. The number of nitrogens with one attached hydrogen (secondary N) is 1. The highest BCUT2D eigenvalue weighted by molar-refractivity contribution is 7.47. The number of hydrogen-bond acceptors (Lipinski definition) is 8. The van der Waals surface area contributed by atoms with Gasteiger partial charge in [0, 0.05) is 12.3 Å². The number of aliphatic hydroxyl groups excluding tert-OH is 2. The Labute approximate surface area is 129 Å². The minimum atomic E-state index is -4.46. The SMILES string of the molecule is CCOP(=O)(O)OC1C(O)[C@H](n2ccc(=O)[nH]c2=O)O[C@@H]1CO. The summed E-state index contributed by atoms with van der Waals surface area (Å²) in [6.45, 7) is 0.729. The highest BCUT2D eigenvalue weighted by atomic mass is 31.2. The maximum atomic E-state index is 11.7. The fraction of sp³-hybridized carbons (Fsp3) is 0.636. The summed E-state index contributed by atoms with van der Waals surface area (Å²) in [5, 5.41) is 19.5. The van der Waals surface area contributed by atoms with E-state index in [-0.39, 0.29) is 6.61 Å². The van der Waals surface area contributed by atoms with Crippen LogP contribution < -0.4 is 11.2 Å². The number of rotatable bonds is 6. The van der Waals surface area contributed by atoms with Crippen LogP contribution in [0.15, 0.2) is 21.9 Å². The van der Waals surface area contributed by atoms with Gasteiger partial charge in [-0.2, -0.15) is 0 Å². The van der Waals surface area contributed by atoms with E-state index in [2.05, 4.69) is 4.52 Å². The number of ether oxygens (including phenoxy) is 1. The van der Waals surface area contributed by atoms with Gasteiger partial charge in [0.25, 0.3) is 5.56 Å². The van der Waals surface area contributed by atoms with Gasteiger partial charge in [0.2, 0.25) is 0 Å². The molecule has 2 rings (SSSR count). The standard InChI is InChI=1S/C11H17N2O9P/c1-2-20-23(18,19)22-9-6(5-14)21-10(8(9)16)13-4-3-7(15)12-11(13)17/h3-4,6,8-10,14,16H,2,5H2,1H3,(H,18,19)(H,12,15,17)/t6-,8?,9?,10-/m1/s1. The minimum absolute atomic E-state index is 0.107. The molecule has 0 saturated carbocycles. The van der Waals surface area contributed by atoms with E-state index < -0.39 is 50.2 Å². The zero-order valence-electron chi connectivity index (χ0n) is 12.1. The second-order valence-corrected chi connectivity index (χ2v) is 6.12. The molecule has 5 atom stereocenters. The van der Waals surface area contributed by atoms with Gasteiger partial charge in [0.15, 0.2) is 6.23 Å². The monoisotopic (exact) mass is 352 g/mol. The summed E-state index contributed by atoms with van der Waals surface area (Å²) in [7, 11) is -4.46. The molecular formula is C11H17N2O9P. The quantitative estimate of drug-likeness (QED) is 0.438. The van der Waals surface area contributed by atoms with Crippen LogP contribution in [0.4, 0.5) is 0 Å². The first kappa shape index (κ1) is 18.0. The van der Waals surface area contributed by atoms with Crippen LogP contribution >= 0.6 is 7.82 Å². The predicted octanol–water partition coefficient (Wildman–Crippen LogP) is -1.69. The lowest BCUT2D eigenvalue weighted by Crippen LogP contribution is -2.38.